The number of methoxy groups -OCH3 is 1. The van der Waals surface area contributed by atoms with Crippen molar-refractivity contribution in [2.45, 2.75) is 13.5 Å². The first kappa shape index (κ1) is 16.9. The molecule has 1 aromatic rings. The van der Waals surface area contributed by atoms with E-state index in [0.717, 1.165) is 27.8 Å². The lowest BCUT2D eigenvalue weighted by atomic mass is 10.2. The SMILES string of the molecule is CCOCOc1c(Br)cc(CNCCOC)cc1Br. The van der Waals surface area contributed by atoms with E-state index in [1.54, 1.807) is 7.11 Å². The Morgan fingerprint density at radius 1 is 1.21 bits per heavy atom. The Morgan fingerprint density at radius 3 is 2.47 bits per heavy atom. The van der Waals surface area contributed by atoms with Crippen LogP contribution in [0.2, 0.25) is 0 Å². The molecule has 4 nitrogen and oxygen atoms in total. The highest BCUT2D eigenvalue weighted by Crippen LogP contribution is 2.34. The summed E-state index contributed by atoms with van der Waals surface area (Å²) in [6, 6.07) is 4.07. The van der Waals surface area contributed by atoms with E-state index in [-0.39, 0.29) is 6.79 Å². The summed E-state index contributed by atoms with van der Waals surface area (Å²) in [6.07, 6.45) is 0. The smallest absolute Gasteiger partial charge is 0.189 e. The Kier molecular flexibility index (Phi) is 8.65. The van der Waals surface area contributed by atoms with Gasteiger partial charge in [0.1, 0.15) is 0 Å². The maximum atomic E-state index is 5.55. The molecule has 1 rings (SSSR count). The summed E-state index contributed by atoms with van der Waals surface area (Å²) in [7, 11) is 1.69. The van der Waals surface area contributed by atoms with E-state index in [1.807, 2.05) is 19.1 Å². The Morgan fingerprint density at radius 2 is 1.89 bits per heavy atom. The highest BCUT2D eigenvalue weighted by Gasteiger charge is 2.09. The predicted octanol–water partition coefficient (Wildman–Crippen LogP) is 3.32. The van der Waals surface area contributed by atoms with Gasteiger partial charge in [0.05, 0.1) is 15.6 Å². The molecule has 0 aliphatic carbocycles. The highest BCUT2D eigenvalue weighted by molar-refractivity contribution is 9.11. The average Bonchev–Trinajstić information content (AvgIpc) is 2.38. The molecule has 0 heterocycles. The van der Waals surface area contributed by atoms with Gasteiger partial charge in [-0.3, -0.25) is 0 Å². The zero-order valence-electron chi connectivity index (χ0n) is 11.2. The van der Waals surface area contributed by atoms with Crippen molar-refractivity contribution < 1.29 is 14.2 Å². The molecular formula is C13H19Br2NO3. The zero-order valence-corrected chi connectivity index (χ0v) is 14.3. The summed E-state index contributed by atoms with van der Waals surface area (Å²) in [5, 5.41) is 3.30. The summed E-state index contributed by atoms with van der Waals surface area (Å²) in [6.45, 7) is 5.14. The van der Waals surface area contributed by atoms with Crippen molar-refractivity contribution in [1.82, 2.24) is 5.32 Å². The Hall–Kier alpha value is -0.140. The topological polar surface area (TPSA) is 39.7 Å². The summed E-state index contributed by atoms with van der Waals surface area (Å²) in [5.74, 6) is 0.758. The average molecular weight is 397 g/mol. The van der Waals surface area contributed by atoms with Gasteiger partial charge in [0.25, 0.3) is 0 Å². The molecular weight excluding hydrogens is 378 g/mol. The van der Waals surface area contributed by atoms with Gasteiger partial charge >= 0.3 is 0 Å². The second-order valence-electron chi connectivity index (χ2n) is 3.81. The maximum absolute atomic E-state index is 5.55. The lowest BCUT2D eigenvalue weighted by Crippen LogP contribution is -2.18. The Bertz CT molecular complexity index is 365. The molecule has 0 bridgehead atoms. The van der Waals surface area contributed by atoms with E-state index >= 15 is 0 Å². The fourth-order valence-corrected chi connectivity index (χ4v) is 2.95. The van der Waals surface area contributed by atoms with Crippen LogP contribution in [-0.2, 0) is 16.0 Å². The number of halogens is 2. The van der Waals surface area contributed by atoms with Gasteiger partial charge in [-0.05, 0) is 56.5 Å². The van der Waals surface area contributed by atoms with Crippen LogP contribution in [0, 0.1) is 0 Å². The van der Waals surface area contributed by atoms with Gasteiger partial charge in [-0.2, -0.15) is 0 Å². The first-order valence-corrected chi connectivity index (χ1v) is 7.65. The molecule has 0 saturated heterocycles. The first-order valence-electron chi connectivity index (χ1n) is 6.07. The molecule has 0 saturated carbocycles. The Balaban J connectivity index is 2.57. The first-order chi connectivity index (χ1) is 9.19. The fourth-order valence-electron chi connectivity index (χ4n) is 1.44. The van der Waals surface area contributed by atoms with E-state index in [2.05, 4.69) is 37.2 Å². The third kappa shape index (κ3) is 6.23. The maximum Gasteiger partial charge on any atom is 0.189 e. The molecule has 6 heteroatoms. The minimum atomic E-state index is 0.249. The summed E-state index contributed by atoms with van der Waals surface area (Å²) < 4.78 is 17.5. The molecule has 0 spiro atoms. The van der Waals surface area contributed by atoms with Gasteiger partial charge in [-0.15, -0.1) is 0 Å². The van der Waals surface area contributed by atoms with Gasteiger partial charge in [0.2, 0.25) is 0 Å². The number of benzene rings is 1. The zero-order chi connectivity index (χ0) is 14.1. The van der Waals surface area contributed by atoms with Crippen molar-refractivity contribution >= 4 is 31.9 Å². The van der Waals surface area contributed by atoms with Gasteiger partial charge in [0, 0.05) is 26.8 Å². The lowest BCUT2D eigenvalue weighted by molar-refractivity contribution is 0.0215. The quantitative estimate of drug-likeness (QED) is 0.513. The minimum Gasteiger partial charge on any atom is -0.465 e. The minimum absolute atomic E-state index is 0.249. The Labute approximate surface area is 131 Å². The van der Waals surface area contributed by atoms with Crippen LogP contribution in [0.5, 0.6) is 5.75 Å². The molecule has 1 aromatic carbocycles. The predicted molar refractivity (Wildman–Crippen MR) is 82.5 cm³/mol. The third-order valence-electron chi connectivity index (χ3n) is 2.36. The number of ether oxygens (including phenoxy) is 3. The number of hydrogen-bond acceptors (Lipinski definition) is 4. The second kappa shape index (κ2) is 9.72. The molecule has 0 amide bonds. The van der Waals surface area contributed by atoms with Crippen LogP contribution in [-0.4, -0.2) is 33.7 Å². The van der Waals surface area contributed by atoms with Crippen LogP contribution in [0.1, 0.15) is 12.5 Å². The summed E-state index contributed by atoms with van der Waals surface area (Å²) >= 11 is 7.02. The molecule has 0 aromatic heterocycles. The number of rotatable bonds is 9. The largest absolute Gasteiger partial charge is 0.465 e. The van der Waals surface area contributed by atoms with Gasteiger partial charge in [-0.25, -0.2) is 0 Å². The van der Waals surface area contributed by atoms with Crippen LogP contribution >= 0.6 is 31.9 Å². The number of hydrogen-bond donors (Lipinski definition) is 1. The van der Waals surface area contributed by atoms with Gasteiger partial charge in [0.15, 0.2) is 12.5 Å². The van der Waals surface area contributed by atoms with E-state index in [9.17, 15) is 0 Å². The molecule has 0 aliphatic rings. The van der Waals surface area contributed by atoms with E-state index in [0.29, 0.717) is 13.2 Å². The van der Waals surface area contributed by atoms with Crippen LogP contribution in [0.3, 0.4) is 0 Å². The summed E-state index contributed by atoms with van der Waals surface area (Å²) in [5.41, 5.74) is 1.17. The second-order valence-corrected chi connectivity index (χ2v) is 5.52. The molecule has 0 atom stereocenters. The van der Waals surface area contributed by atoms with E-state index < -0.39 is 0 Å². The van der Waals surface area contributed by atoms with E-state index in [4.69, 9.17) is 14.2 Å². The van der Waals surface area contributed by atoms with Crippen LogP contribution < -0.4 is 10.1 Å². The molecule has 0 unspecified atom stereocenters. The fraction of sp³-hybridized carbons (Fsp3) is 0.538. The van der Waals surface area contributed by atoms with Crippen molar-refractivity contribution in [2.24, 2.45) is 0 Å². The number of nitrogens with one attached hydrogen (secondary N) is 1. The highest BCUT2D eigenvalue weighted by atomic mass is 79.9. The van der Waals surface area contributed by atoms with Crippen molar-refractivity contribution in [3.05, 3.63) is 26.6 Å². The van der Waals surface area contributed by atoms with Gasteiger partial charge in [-0.1, -0.05) is 0 Å². The molecule has 0 radical (unpaired) electrons. The monoisotopic (exact) mass is 395 g/mol. The lowest BCUT2D eigenvalue weighted by Gasteiger charge is -2.12. The molecule has 0 fully saturated rings. The molecule has 1 N–H and O–H groups in total. The van der Waals surface area contributed by atoms with Crippen molar-refractivity contribution in [2.75, 3.05) is 33.7 Å². The third-order valence-corrected chi connectivity index (χ3v) is 3.54. The summed E-state index contributed by atoms with van der Waals surface area (Å²) in [4.78, 5) is 0. The molecule has 108 valence electrons. The normalized spacial score (nSPS) is 10.7. The van der Waals surface area contributed by atoms with E-state index in [1.165, 1.54) is 5.56 Å². The molecule has 0 aliphatic heterocycles. The van der Waals surface area contributed by atoms with Crippen LogP contribution in [0.15, 0.2) is 21.1 Å². The van der Waals surface area contributed by atoms with Crippen molar-refractivity contribution in [3.63, 3.8) is 0 Å². The van der Waals surface area contributed by atoms with Crippen molar-refractivity contribution in [3.8, 4) is 5.75 Å². The standard InChI is InChI=1S/C13H19Br2NO3/c1-3-18-9-19-13-11(14)6-10(7-12(13)15)8-16-4-5-17-2/h6-7,16H,3-5,8-9H2,1-2H3. The van der Waals surface area contributed by atoms with Crippen LogP contribution in [0.25, 0.3) is 0 Å². The molecule has 19 heavy (non-hydrogen) atoms. The van der Waals surface area contributed by atoms with Crippen molar-refractivity contribution in [1.29, 1.82) is 0 Å². The van der Waals surface area contributed by atoms with Crippen LogP contribution in [0.4, 0.5) is 0 Å². The van der Waals surface area contributed by atoms with Gasteiger partial charge < -0.3 is 19.5 Å².